The van der Waals surface area contributed by atoms with Crippen LogP contribution >= 0.6 is 22.7 Å². The Hall–Kier alpha value is -6.66. The number of hydrogen-bond donors (Lipinski definition) is 0. The van der Waals surface area contributed by atoms with Crippen LogP contribution in [-0.4, -0.2) is 6.71 Å². The van der Waals surface area contributed by atoms with Crippen LogP contribution in [0.5, 0.6) is 0 Å². The van der Waals surface area contributed by atoms with Crippen molar-refractivity contribution in [3.63, 3.8) is 0 Å². The van der Waals surface area contributed by atoms with Gasteiger partial charge in [0, 0.05) is 65.4 Å². The maximum atomic E-state index is 2.61. The lowest BCUT2D eigenvalue weighted by Crippen LogP contribution is -2.61. The quantitative estimate of drug-likeness (QED) is 0.159. The molecule has 320 valence electrons. The van der Waals surface area contributed by atoms with E-state index in [1.165, 1.54) is 115 Å². The topological polar surface area (TPSA) is 6.48 Å². The first kappa shape index (κ1) is 40.8. The summed E-state index contributed by atoms with van der Waals surface area (Å²) in [7, 11) is 0. The first-order valence-corrected chi connectivity index (χ1v) is 24.9. The third kappa shape index (κ3) is 6.66. The van der Waals surface area contributed by atoms with Crippen LogP contribution in [0.3, 0.4) is 0 Å². The van der Waals surface area contributed by atoms with Crippen LogP contribution < -0.4 is 26.2 Å². The van der Waals surface area contributed by atoms with Gasteiger partial charge in [-0.2, -0.15) is 0 Å². The predicted molar refractivity (Wildman–Crippen MR) is 290 cm³/mol. The molecule has 12 rings (SSSR count). The molecule has 0 amide bonds. The summed E-state index contributed by atoms with van der Waals surface area (Å²) >= 11 is 3.65. The average molecular weight is 887 g/mol. The number of rotatable bonds is 5. The Labute approximate surface area is 397 Å². The van der Waals surface area contributed by atoms with Crippen LogP contribution in [0.4, 0.5) is 34.1 Å². The third-order valence-electron chi connectivity index (χ3n) is 13.9. The second-order valence-corrected chi connectivity index (χ2v) is 22.2. The van der Waals surface area contributed by atoms with Crippen molar-refractivity contribution in [2.75, 3.05) is 9.80 Å². The molecule has 4 heterocycles. The number of nitrogens with zero attached hydrogens (tertiary/aromatic N) is 2. The van der Waals surface area contributed by atoms with Gasteiger partial charge in [0.15, 0.2) is 0 Å². The van der Waals surface area contributed by atoms with E-state index >= 15 is 0 Å². The number of anilines is 6. The van der Waals surface area contributed by atoms with Crippen LogP contribution in [0.15, 0.2) is 181 Å². The average Bonchev–Trinajstić information content (AvgIpc) is 3.96. The number of aryl methyl sites for hydroxylation is 1. The Bertz CT molecular complexity index is 3440. The standard InChI is InChI=1S/C61H51BN2S2/c1-38-29-55-59-56(30-38)64(46-32-41(49-36-65-57-19-13-11-17-47(49)57)31-42(33-46)50-37-66-58-20-14-12-18-48(50)58)54-34-40(39-15-9-8-10-16-39)21-27-51(54)62(59)52-35-44(61(5,6)7)24-28-53(52)63(55)45-25-22-43(23-26-45)60(2,3)4/h8-37H,1-7H3. The molecule has 0 saturated heterocycles. The monoisotopic (exact) mass is 886 g/mol. The minimum Gasteiger partial charge on any atom is -0.311 e. The van der Waals surface area contributed by atoms with E-state index in [0.717, 1.165) is 5.69 Å². The number of thiophene rings is 2. The molecule has 66 heavy (non-hydrogen) atoms. The molecule has 0 spiro atoms. The van der Waals surface area contributed by atoms with Gasteiger partial charge in [-0.3, -0.25) is 0 Å². The van der Waals surface area contributed by atoms with Gasteiger partial charge in [0.25, 0.3) is 6.71 Å². The molecule has 0 fully saturated rings. The first-order chi connectivity index (χ1) is 31.9. The van der Waals surface area contributed by atoms with Crippen LogP contribution in [0.2, 0.25) is 0 Å². The van der Waals surface area contributed by atoms with E-state index in [1.807, 2.05) is 22.7 Å². The van der Waals surface area contributed by atoms with Crippen molar-refractivity contribution in [3.8, 4) is 33.4 Å². The SMILES string of the molecule is Cc1cc2c3c(c1)N(c1cc(-c4csc5ccccc45)cc(-c4csc5ccccc45)c1)c1cc(-c4ccccc4)ccc1B3c1cc(C(C)(C)C)ccc1N2c1ccc(C(C)(C)C)cc1. The summed E-state index contributed by atoms with van der Waals surface area (Å²) in [6, 6.07) is 64.7. The Balaban J connectivity index is 1.17. The highest BCUT2D eigenvalue weighted by molar-refractivity contribution is 7.18. The zero-order chi connectivity index (χ0) is 45.1. The maximum absolute atomic E-state index is 2.61. The van der Waals surface area contributed by atoms with Gasteiger partial charge in [-0.15, -0.1) is 22.7 Å². The molecule has 0 aliphatic carbocycles. The van der Waals surface area contributed by atoms with Gasteiger partial charge in [-0.1, -0.05) is 145 Å². The third-order valence-corrected chi connectivity index (χ3v) is 15.9. The molecule has 2 aromatic heterocycles. The fourth-order valence-corrected chi connectivity index (χ4v) is 12.5. The Morgan fingerprint density at radius 3 is 1.58 bits per heavy atom. The second-order valence-electron chi connectivity index (χ2n) is 20.3. The van der Waals surface area contributed by atoms with Crippen LogP contribution in [-0.2, 0) is 10.8 Å². The molecular formula is C61H51BN2S2. The Morgan fingerprint density at radius 1 is 0.409 bits per heavy atom. The molecule has 0 unspecified atom stereocenters. The van der Waals surface area contributed by atoms with E-state index in [-0.39, 0.29) is 17.5 Å². The lowest BCUT2D eigenvalue weighted by Gasteiger charge is -2.45. The molecule has 0 saturated carbocycles. The molecule has 2 aliphatic heterocycles. The number of benzene rings is 8. The largest absolute Gasteiger partial charge is 0.311 e. The fraction of sp³-hybridized carbons (Fsp3) is 0.148. The molecule has 2 nitrogen and oxygen atoms in total. The molecule has 0 bridgehead atoms. The summed E-state index contributed by atoms with van der Waals surface area (Å²) in [5.74, 6) is 0. The van der Waals surface area contributed by atoms with E-state index in [2.05, 4.69) is 239 Å². The van der Waals surface area contributed by atoms with Gasteiger partial charge in [-0.05, 0) is 151 Å². The van der Waals surface area contributed by atoms with Gasteiger partial charge in [0.05, 0.1) is 0 Å². The van der Waals surface area contributed by atoms with Crippen molar-refractivity contribution in [1.29, 1.82) is 0 Å². The molecule has 10 aromatic rings. The Kier molecular flexibility index (Phi) is 9.40. The molecule has 0 radical (unpaired) electrons. The molecule has 2 aliphatic rings. The van der Waals surface area contributed by atoms with Crippen molar-refractivity contribution < 1.29 is 0 Å². The highest BCUT2D eigenvalue weighted by atomic mass is 32.1. The van der Waals surface area contributed by atoms with Gasteiger partial charge in [0.1, 0.15) is 0 Å². The fourth-order valence-electron chi connectivity index (χ4n) is 10.5. The van der Waals surface area contributed by atoms with Gasteiger partial charge >= 0.3 is 0 Å². The summed E-state index contributed by atoms with van der Waals surface area (Å²) in [5.41, 5.74) is 22.6. The van der Waals surface area contributed by atoms with E-state index in [4.69, 9.17) is 0 Å². The minimum absolute atomic E-state index is 0.0124. The predicted octanol–water partition coefficient (Wildman–Crippen LogP) is 16.1. The molecule has 8 aromatic carbocycles. The highest BCUT2D eigenvalue weighted by Gasteiger charge is 2.44. The maximum Gasteiger partial charge on any atom is 0.252 e. The molecular weight excluding hydrogens is 836 g/mol. The molecule has 0 N–H and O–H groups in total. The van der Waals surface area contributed by atoms with Gasteiger partial charge in [-0.25, -0.2) is 0 Å². The van der Waals surface area contributed by atoms with E-state index < -0.39 is 0 Å². The van der Waals surface area contributed by atoms with Crippen molar-refractivity contribution in [2.45, 2.75) is 59.3 Å². The smallest absolute Gasteiger partial charge is 0.252 e. The zero-order valence-corrected chi connectivity index (χ0v) is 40.2. The highest BCUT2D eigenvalue weighted by Crippen LogP contribution is 2.49. The lowest BCUT2D eigenvalue weighted by molar-refractivity contribution is 0.590. The normalized spacial score (nSPS) is 13.3. The van der Waals surface area contributed by atoms with Gasteiger partial charge < -0.3 is 9.80 Å². The Morgan fingerprint density at radius 2 is 0.970 bits per heavy atom. The first-order valence-electron chi connectivity index (χ1n) is 23.2. The van der Waals surface area contributed by atoms with E-state index in [0.29, 0.717) is 0 Å². The number of hydrogen-bond acceptors (Lipinski definition) is 4. The number of fused-ring (bicyclic) bond motifs is 6. The van der Waals surface area contributed by atoms with Crippen molar-refractivity contribution in [1.82, 2.24) is 0 Å². The molecule has 0 atom stereocenters. The van der Waals surface area contributed by atoms with Crippen molar-refractivity contribution in [2.24, 2.45) is 0 Å². The summed E-state index contributed by atoms with van der Waals surface area (Å²) in [6.07, 6.45) is 0. The summed E-state index contributed by atoms with van der Waals surface area (Å²) in [5, 5.41) is 7.29. The second kappa shape index (κ2) is 15.2. The van der Waals surface area contributed by atoms with E-state index in [9.17, 15) is 0 Å². The van der Waals surface area contributed by atoms with Crippen LogP contribution in [0.1, 0.15) is 58.2 Å². The summed E-state index contributed by atoms with van der Waals surface area (Å²) in [4.78, 5) is 5.16. The van der Waals surface area contributed by atoms with Crippen LogP contribution in [0.25, 0.3) is 53.6 Å². The summed E-state index contributed by atoms with van der Waals surface area (Å²) in [6.45, 7) is 16.2. The van der Waals surface area contributed by atoms with E-state index in [1.54, 1.807) is 0 Å². The van der Waals surface area contributed by atoms with Crippen LogP contribution in [0, 0.1) is 6.92 Å². The molecule has 5 heteroatoms. The summed E-state index contributed by atoms with van der Waals surface area (Å²) < 4.78 is 2.60. The van der Waals surface area contributed by atoms with Crippen molar-refractivity contribution in [3.05, 3.63) is 197 Å². The lowest BCUT2D eigenvalue weighted by atomic mass is 9.33. The minimum atomic E-state index is -0.0280. The zero-order valence-electron chi connectivity index (χ0n) is 38.6. The van der Waals surface area contributed by atoms with Gasteiger partial charge in [0.2, 0.25) is 0 Å². The van der Waals surface area contributed by atoms with Crippen molar-refractivity contribution >= 4 is 100 Å².